The molecule has 6 nitrogen and oxygen atoms in total. The molecular formula is C24H20ClN5OS. The molecule has 8 heteroatoms. The molecule has 2 N–H and O–H groups in total. The van der Waals surface area contributed by atoms with Crippen LogP contribution < -0.4 is 10.7 Å². The van der Waals surface area contributed by atoms with Gasteiger partial charge < -0.3 is 10.7 Å². The Hall–Kier alpha value is -3.29. The molecule has 2 heterocycles. The van der Waals surface area contributed by atoms with Gasteiger partial charge in [0.25, 0.3) is 0 Å². The van der Waals surface area contributed by atoms with Gasteiger partial charge in [-0.1, -0.05) is 83.5 Å². The normalized spacial score (nSPS) is 17.3. The maximum atomic E-state index is 13.3. The highest BCUT2D eigenvalue weighted by Gasteiger charge is 2.38. The average Bonchev–Trinajstić information content (AvgIpc) is 3.24. The van der Waals surface area contributed by atoms with Crippen LogP contribution in [0.1, 0.15) is 17.2 Å². The summed E-state index contributed by atoms with van der Waals surface area (Å²) in [6, 6.07) is 24.9. The van der Waals surface area contributed by atoms with Crippen LogP contribution >= 0.6 is 23.4 Å². The number of nitrogens with zero attached hydrogens (tertiary/aromatic N) is 3. The number of hydrogen-bond donors (Lipinski definition) is 2. The number of fused-ring (bicyclic) bond motifs is 1. The number of thioether (sulfide) groups is 1. The van der Waals surface area contributed by atoms with E-state index >= 15 is 0 Å². The molecule has 0 spiro atoms. The van der Waals surface area contributed by atoms with Crippen molar-refractivity contribution in [3.63, 3.8) is 0 Å². The SMILES string of the molecule is Cc1ccc([C@@H]2Nn3c(nnc3-c3ccccc3)S[C@@H]2C(=O)Nc2ccc(Cl)cc2)cc1. The molecule has 0 aliphatic carbocycles. The van der Waals surface area contributed by atoms with Crippen molar-refractivity contribution in [1.82, 2.24) is 14.9 Å². The minimum atomic E-state index is -0.450. The van der Waals surface area contributed by atoms with Crippen molar-refractivity contribution in [2.24, 2.45) is 0 Å². The monoisotopic (exact) mass is 461 g/mol. The predicted octanol–water partition coefficient (Wildman–Crippen LogP) is 5.30. The van der Waals surface area contributed by atoms with Gasteiger partial charge in [-0.25, -0.2) is 4.68 Å². The van der Waals surface area contributed by atoms with Crippen LogP contribution in [-0.4, -0.2) is 26.0 Å². The number of amides is 1. The first-order chi connectivity index (χ1) is 15.6. The van der Waals surface area contributed by atoms with Crippen LogP contribution in [-0.2, 0) is 4.79 Å². The first kappa shape index (κ1) is 20.6. The summed E-state index contributed by atoms with van der Waals surface area (Å²) in [5, 5.41) is 12.5. The van der Waals surface area contributed by atoms with Crippen molar-refractivity contribution >= 4 is 35.0 Å². The lowest BCUT2D eigenvalue weighted by Crippen LogP contribution is -2.41. The molecule has 1 aromatic heterocycles. The Labute approximate surface area is 195 Å². The lowest BCUT2D eigenvalue weighted by Gasteiger charge is -2.33. The van der Waals surface area contributed by atoms with E-state index in [9.17, 15) is 4.79 Å². The van der Waals surface area contributed by atoms with E-state index < -0.39 is 5.25 Å². The lowest BCUT2D eigenvalue weighted by atomic mass is 10.0. The maximum Gasteiger partial charge on any atom is 0.240 e. The first-order valence-electron chi connectivity index (χ1n) is 10.2. The van der Waals surface area contributed by atoms with E-state index in [0.29, 0.717) is 21.7 Å². The summed E-state index contributed by atoms with van der Waals surface area (Å²) in [5.41, 5.74) is 7.31. The molecule has 1 aliphatic rings. The molecule has 5 rings (SSSR count). The van der Waals surface area contributed by atoms with Crippen molar-refractivity contribution in [3.05, 3.63) is 95.0 Å². The molecule has 0 bridgehead atoms. The van der Waals surface area contributed by atoms with Crippen molar-refractivity contribution in [1.29, 1.82) is 0 Å². The molecule has 0 saturated carbocycles. The van der Waals surface area contributed by atoms with Crippen molar-refractivity contribution in [2.45, 2.75) is 23.4 Å². The Balaban J connectivity index is 1.50. The molecule has 0 fully saturated rings. The Morgan fingerprint density at radius 1 is 1.00 bits per heavy atom. The van der Waals surface area contributed by atoms with E-state index in [1.807, 2.05) is 54.1 Å². The van der Waals surface area contributed by atoms with Gasteiger partial charge in [0.15, 0.2) is 5.82 Å². The highest BCUT2D eigenvalue weighted by molar-refractivity contribution is 8.00. The van der Waals surface area contributed by atoms with Gasteiger partial charge in [-0.05, 0) is 36.8 Å². The summed E-state index contributed by atoms with van der Waals surface area (Å²) in [6.45, 7) is 2.04. The Morgan fingerprint density at radius 3 is 2.44 bits per heavy atom. The Kier molecular flexibility index (Phi) is 5.59. The maximum absolute atomic E-state index is 13.3. The highest BCUT2D eigenvalue weighted by atomic mass is 35.5. The number of hydrogen-bond acceptors (Lipinski definition) is 5. The number of benzene rings is 3. The van der Waals surface area contributed by atoms with Crippen molar-refractivity contribution in [2.75, 3.05) is 10.7 Å². The summed E-state index contributed by atoms with van der Waals surface area (Å²) in [6.07, 6.45) is 0. The number of carbonyl (C=O) groups is 1. The summed E-state index contributed by atoms with van der Waals surface area (Å²) in [4.78, 5) is 13.3. The fourth-order valence-electron chi connectivity index (χ4n) is 3.60. The Morgan fingerprint density at radius 2 is 1.72 bits per heavy atom. The summed E-state index contributed by atoms with van der Waals surface area (Å²) in [7, 11) is 0. The third-order valence-electron chi connectivity index (χ3n) is 5.28. The lowest BCUT2D eigenvalue weighted by molar-refractivity contribution is -0.116. The van der Waals surface area contributed by atoms with E-state index in [0.717, 1.165) is 16.7 Å². The molecule has 0 unspecified atom stereocenters. The van der Waals surface area contributed by atoms with Crippen molar-refractivity contribution < 1.29 is 4.79 Å². The van der Waals surface area contributed by atoms with Crippen LogP contribution in [0.2, 0.25) is 5.02 Å². The molecule has 2 atom stereocenters. The molecule has 0 saturated heterocycles. The predicted molar refractivity (Wildman–Crippen MR) is 128 cm³/mol. The number of carbonyl (C=O) groups excluding carboxylic acids is 1. The molecular weight excluding hydrogens is 442 g/mol. The average molecular weight is 462 g/mol. The third-order valence-corrected chi connectivity index (χ3v) is 6.74. The quantitative estimate of drug-likeness (QED) is 0.431. The van der Waals surface area contributed by atoms with Gasteiger partial charge >= 0.3 is 0 Å². The van der Waals surface area contributed by atoms with Gasteiger partial charge in [-0.15, -0.1) is 10.2 Å². The molecule has 0 radical (unpaired) electrons. The first-order valence-corrected chi connectivity index (χ1v) is 11.4. The number of rotatable bonds is 4. The number of halogens is 1. The largest absolute Gasteiger partial charge is 0.325 e. The summed E-state index contributed by atoms with van der Waals surface area (Å²) in [5.74, 6) is 0.590. The van der Waals surface area contributed by atoms with Gasteiger partial charge in [0.1, 0.15) is 5.25 Å². The van der Waals surface area contributed by atoms with Gasteiger partial charge in [-0.2, -0.15) is 0 Å². The smallest absolute Gasteiger partial charge is 0.240 e. The van der Waals surface area contributed by atoms with Crippen LogP contribution in [0, 0.1) is 6.92 Å². The van der Waals surface area contributed by atoms with Gasteiger partial charge in [0, 0.05) is 16.3 Å². The fraction of sp³-hybridized carbons (Fsp3) is 0.125. The van der Waals surface area contributed by atoms with E-state index in [1.165, 1.54) is 11.8 Å². The molecule has 1 amide bonds. The number of nitrogens with one attached hydrogen (secondary N) is 2. The van der Waals surface area contributed by atoms with E-state index in [-0.39, 0.29) is 11.9 Å². The molecule has 32 heavy (non-hydrogen) atoms. The minimum Gasteiger partial charge on any atom is -0.325 e. The van der Waals surface area contributed by atoms with Crippen LogP contribution in [0.3, 0.4) is 0 Å². The summed E-state index contributed by atoms with van der Waals surface area (Å²) >= 11 is 7.38. The second-order valence-corrected chi connectivity index (χ2v) is 9.10. The number of anilines is 1. The fourth-order valence-corrected chi connectivity index (χ4v) is 4.81. The van der Waals surface area contributed by atoms with E-state index in [2.05, 4.69) is 33.1 Å². The van der Waals surface area contributed by atoms with Crippen LogP contribution in [0.25, 0.3) is 11.4 Å². The Bertz CT molecular complexity index is 1240. The zero-order chi connectivity index (χ0) is 22.1. The van der Waals surface area contributed by atoms with Crippen molar-refractivity contribution in [3.8, 4) is 11.4 Å². The van der Waals surface area contributed by atoms with Gasteiger partial charge in [0.2, 0.25) is 11.1 Å². The van der Waals surface area contributed by atoms with Crippen LogP contribution in [0.4, 0.5) is 5.69 Å². The second kappa shape index (κ2) is 8.68. The molecule has 1 aliphatic heterocycles. The van der Waals surface area contributed by atoms with Crippen LogP contribution in [0.15, 0.2) is 84.0 Å². The standard InChI is InChI=1S/C24H20ClN5OS/c1-15-7-9-16(10-8-15)20-21(23(31)26-19-13-11-18(25)12-14-19)32-24-28-27-22(30(24)29-20)17-5-3-2-4-6-17/h2-14,20-21,29H,1H3,(H,26,31)/t20-,21-/m0/s1. The number of aryl methyl sites for hydroxylation is 1. The second-order valence-electron chi connectivity index (χ2n) is 7.56. The van der Waals surface area contributed by atoms with Crippen LogP contribution in [0.5, 0.6) is 0 Å². The zero-order valence-corrected chi connectivity index (χ0v) is 18.8. The van der Waals surface area contributed by atoms with E-state index in [1.54, 1.807) is 24.3 Å². The topological polar surface area (TPSA) is 71.8 Å². The summed E-state index contributed by atoms with van der Waals surface area (Å²) < 4.78 is 1.87. The third kappa shape index (κ3) is 4.09. The molecule has 4 aromatic rings. The highest BCUT2D eigenvalue weighted by Crippen LogP contribution is 2.39. The zero-order valence-electron chi connectivity index (χ0n) is 17.2. The molecule has 3 aromatic carbocycles. The van der Waals surface area contributed by atoms with Gasteiger partial charge in [-0.3, -0.25) is 4.79 Å². The minimum absolute atomic E-state index is 0.120. The molecule has 160 valence electrons. The number of aromatic nitrogens is 3. The van der Waals surface area contributed by atoms with Gasteiger partial charge in [0.05, 0.1) is 6.04 Å². The van der Waals surface area contributed by atoms with E-state index in [4.69, 9.17) is 11.6 Å².